The van der Waals surface area contributed by atoms with Gasteiger partial charge in [0.15, 0.2) is 0 Å². The Hall–Kier alpha value is -2.04. The van der Waals surface area contributed by atoms with E-state index < -0.39 is 0 Å². The fourth-order valence-electron chi connectivity index (χ4n) is 3.40. The van der Waals surface area contributed by atoms with E-state index >= 15 is 0 Å². The second kappa shape index (κ2) is 8.56. The lowest BCUT2D eigenvalue weighted by molar-refractivity contribution is 0.102. The first-order valence-corrected chi connectivity index (χ1v) is 9.39. The van der Waals surface area contributed by atoms with Crippen molar-refractivity contribution in [1.29, 1.82) is 0 Å². The van der Waals surface area contributed by atoms with Crippen LogP contribution in [0.1, 0.15) is 35.7 Å². The number of carbonyl (C=O) groups is 1. The molecule has 0 radical (unpaired) electrons. The molecule has 4 nitrogen and oxygen atoms in total. The number of nitrogens with zero attached hydrogens (tertiary/aromatic N) is 1. The van der Waals surface area contributed by atoms with Gasteiger partial charge in [-0.05, 0) is 61.2 Å². The van der Waals surface area contributed by atoms with Crippen LogP contribution in [-0.2, 0) is 6.54 Å². The van der Waals surface area contributed by atoms with Crippen LogP contribution in [0.3, 0.4) is 0 Å². The summed E-state index contributed by atoms with van der Waals surface area (Å²) >= 11 is 6.10. The third-order valence-electron chi connectivity index (χ3n) is 4.77. The van der Waals surface area contributed by atoms with Crippen LogP contribution in [0.2, 0.25) is 5.02 Å². The number of methoxy groups -OCH3 is 1. The molecule has 0 saturated carbocycles. The predicted octanol–water partition coefficient (Wildman–Crippen LogP) is 4.83. The molecule has 5 heteroatoms. The largest absolute Gasteiger partial charge is 0.495 e. The van der Waals surface area contributed by atoms with Crippen LogP contribution in [0, 0.1) is 5.92 Å². The minimum absolute atomic E-state index is 0.149. The number of carbonyl (C=O) groups excluding carboxylic acids is 1. The number of hydrogen-bond donors (Lipinski definition) is 1. The van der Waals surface area contributed by atoms with Gasteiger partial charge in [0.25, 0.3) is 5.91 Å². The predicted molar refractivity (Wildman–Crippen MR) is 106 cm³/mol. The molecule has 1 aliphatic heterocycles. The average molecular weight is 373 g/mol. The van der Waals surface area contributed by atoms with Gasteiger partial charge < -0.3 is 10.1 Å². The molecule has 1 saturated heterocycles. The smallest absolute Gasteiger partial charge is 0.255 e. The lowest BCUT2D eigenvalue weighted by atomic mass is 9.99. The average Bonchev–Trinajstić information content (AvgIpc) is 2.62. The van der Waals surface area contributed by atoms with Crippen molar-refractivity contribution in [2.75, 3.05) is 25.5 Å². The van der Waals surface area contributed by atoms with Crippen molar-refractivity contribution in [3.63, 3.8) is 0 Å². The summed E-state index contributed by atoms with van der Waals surface area (Å²) in [4.78, 5) is 14.9. The second-order valence-electron chi connectivity index (χ2n) is 6.98. The molecule has 138 valence electrons. The molecule has 1 fully saturated rings. The molecule has 1 atom stereocenters. The second-order valence-corrected chi connectivity index (χ2v) is 7.39. The van der Waals surface area contributed by atoms with E-state index in [1.807, 2.05) is 24.3 Å². The number of likely N-dealkylation sites (tertiary alicyclic amines) is 1. The topological polar surface area (TPSA) is 41.6 Å². The van der Waals surface area contributed by atoms with Crippen molar-refractivity contribution in [2.45, 2.75) is 26.3 Å². The van der Waals surface area contributed by atoms with Crippen molar-refractivity contribution in [1.82, 2.24) is 4.90 Å². The van der Waals surface area contributed by atoms with Crippen LogP contribution in [0.5, 0.6) is 5.75 Å². The van der Waals surface area contributed by atoms with E-state index in [4.69, 9.17) is 16.3 Å². The minimum atomic E-state index is -0.149. The summed E-state index contributed by atoms with van der Waals surface area (Å²) in [6.07, 6.45) is 2.59. The molecule has 0 bridgehead atoms. The van der Waals surface area contributed by atoms with Crippen molar-refractivity contribution in [3.8, 4) is 5.75 Å². The molecule has 0 spiro atoms. The van der Waals surface area contributed by atoms with Crippen molar-refractivity contribution >= 4 is 23.2 Å². The molecule has 0 unspecified atom stereocenters. The summed E-state index contributed by atoms with van der Waals surface area (Å²) < 4.78 is 5.12. The summed E-state index contributed by atoms with van der Waals surface area (Å²) in [5.41, 5.74) is 2.52. The Bertz CT molecular complexity index is 761. The van der Waals surface area contributed by atoms with E-state index in [-0.39, 0.29) is 5.91 Å². The van der Waals surface area contributed by atoms with Gasteiger partial charge in [0.2, 0.25) is 0 Å². The molecule has 3 rings (SSSR count). The zero-order valence-electron chi connectivity index (χ0n) is 15.3. The highest BCUT2D eigenvalue weighted by Crippen LogP contribution is 2.27. The fraction of sp³-hybridized carbons (Fsp3) is 0.381. The highest BCUT2D eigenvalue weighted by Gasteiger charge is 2.16. The monoisotopic (exact) mass is 372 g/mol. The van der Waals surface area contributed by atoms with E-state index in [0.29, 0.717) is 22.0 Å². The first kappa shape index (κ1) is 18.7. The molecule has 1 amide bonds. The Morgan fingerprint density at radius 3 is 2.69 bits per heavy atom. The van der Waals surface area contributed by atoms with E-state index in [1.54, 1.807) is 25.3 Å². The molecule has 1 heterocycles. The first-order valence-electron chi connectivity index (χ1n) is 9.01. The van der Waals surface area contributed by atoms with Crippen LogP contribution < -0.4 is 10.1 Å². The maximum Gasteiger partial charge on any atom is 0.255 e. The Morgan fingerprint density at radius 1 is 1.27 bits per heavy atom. The number of hydrogen-bond acceptors (Lipinski definition) is 3. The lowest BCUT2D eigenvalue weighted by Gasteiger charge is -2.30. The minimum Gasteiger partial charge on any atom is -0.495 e. The standard InChI is InChI=1S/C21H25ClN2O2/c1-15-4-3-11-24(13-15)14-16-5-7-17(8-6-16)21(25)23-18-9-10-20(26-2)19(22)12-18/h5-10,12,15H,3-4,11,13-14H2,1-2H3,(H,23,25)/t15-/m1/s1. The van der Waals surface area contributed by atoms with Gasteiger partial charge in [0.1, 0.15) is 5.75 Å². The van der Waals surface area contributed by atoms with Gasteiger partial charge in [-0.1, -0.05) is 30.7 Å². The fourth-order valence-corrected chi connectivity index (χ4v) is 3.66. The Balaban J connectivity index is 1.60. The maximum absolute atomic E-state index is 12.4. The summed E-state index contributed by atoms with van der Waals surface area (Å²) in [5.74, 6) is 1.20. The van der Waals surface area contributed by atoms with Gasteiger partial charge in [-0.25, -0.2) is 0 Å². The van der Waals surface area contributed by atoms with Gasteiger partial charge in [0.05, 0.1) is 12.1 Å². The lowest BCUT2D eigenvalue weighted by Crippen LogP contribution is -2.33. The van der Waals surface area contributed by atoms with Crippen molar-refractivity contribution in [2.24, 2.45) is 5.92 Å². The van der Waals surface area contributed by atoms with E-state index in [1.165, 1.54) is 18.4 Å². The van der Waals surface area contributed by atoms with Gasteiger partial charge in [-0.2, -0.15) is 0 Å². The quantitative estimate of drug-likeness (QED) is 0.817. The summed E-state index contributed by atoms with van der Waals surface area (Å²) in [5, 5.41) is 3.34. The highest BCUT2D eigenvalue weighted by atomic mass is 35.5. The number of piperidine rings is 1. The molecule has 0 aliphatic carbocycles. The van der Waals surface area contributed by atoms with Gasteiger partial charge in [-0.15, -0.1) is 0 Å². The van der Waals surface area contributed by atoms with Gasteiger partial charge in [-0.3, -0.25) is 9.69 Å². The summed E-state index contributed by atoms with van der Waals surface area (Å²) in [7, 11) is 1.56. The SMILES string of the molecule is COc1ccc(NC(=O)c2ccc(CN3CCC[C@@H](C)C3)cc2)cc1Cl. The summed E-state index contributed by atoms with van der Waals surface area (Å²) in [6, 6.07) is 13.0. The van der Waals surface area contributed by atoms with Crippen molar-refractivity contribution in [3.05, 3.63) is 58.6 Å². The number of anilines is 1. The summed E-state index contributed by atoms with van der Waals surface area (Å²) in [6.45, 7) is 5.57. The molecular weight excluding hydrogens is 348 g/mol. The molecule has 2 aromatic carbocycles. The number of halogens is 1. The van der Waals surface area contributed by atoms with Crippen LogP contribution >= 0.6 is 11.6 Å². The van der Waals surface area contributed by atoms with Crippen LogP contribution in [-0.4, -0.2) is 31.0 Å². The van der Waals surface area contributed by atoms with E-state index in [0.717, 1.165) is 25.6 Å². The first-order chi connectivity index (χ1) is 12.5. The van der Waals surface area contributed by atoms with E-state index in [2.05, 4.69) is 17.1 Å². The maximum atomic E-state index is 12.4. The van der Waals surface area contributed by atoms with Crippen LogP contribution in [0.15, 0.2) is 42.5 Å². The Labute approximate surface area is 160 Å². The number of amides is 1. The highest BCUT2D eigenvalue weighted by molar-refractivity contribution is 6.32. The normalized spacial score (nSPS) is 17.7. The van der Waals surface area contributed by atoms with E-state index in [9.17, 15) is 4.79 Å². The van der Waals surface area contributed by atoms with Crippen LogP contribution in [0.4, 0.5) is 5.69 Å². The molecule has 26 heavy (non-hydrogen) atoms. The third kappa shape index (κ3) is 4.77. The number of rotatable bonds is 5. The molecule has 1 aliphatic rings. The Morgan fingerprint density at radius 2 is 2.04 bits per heavy atom. The number of benzene rings is 2. The van der Waals surface area contributed by atoms with Gasteiger partial charge in [0, 0.05) is 24.3 Å². The van der Waals surface area contributed by atoms with Gasteiger partial charge >= 0.3 is 0 Å². The number of ether oxygens (including phenoxy) is 1. The number of nitrogens with one attached hydrogen (secondary N) is 1. The molecular formula is C21H25ClN2O2. The Kier molecular flexibility index (Phi) is 6.17. The molecule has 1 N–H and O–H groups in total. The van der Waals surface area contributed by atoms with Crippen LogP contribution in [0.25, 0.3) is 0 Å². The molecule has 2 aromatic rings. The third-order valence-corrected chi connectivity index (χ3v) is 5.07. The molecule has 0 aromatic heterocycles. The zero-order chi connectivity index (χ0) is 18.5. The van der Waals surface area contributed by atoms with Crippen molar-refractivity contribution < 1.29 is 9.53 Å². The zero-order valence-corrected chi connectivity index (χ0v) is 16.1.